The van der Waals surface area contributed by atoms with Gasteiger partial charge in [0.15, 0.2) is 5.82 Å². The zero-order valence-corrected chi connectivity index (χ0v) is 12.4. The highest BCUT2D eigenvalue weighted by Gasteiger charge is 2.54. The number of rotatable bonds is 3. The maximum atomic E-state index is 14.1. The third-order valence-corrected chi connectivity index (χ3v) is 4.87. The lowest BCUT2D eigenvalue weighted by Crippen LogP contribution is -2.25. The molecule has 3 rings (SSSR count). The molecule has 0 unspecified atom stereocenters. The summed E-state index contributed by atoms with van der Waals surface area (Å²) in [5.74, 6) is -1.44. The molecule has 0 saturated heterocycles. The van der Waals surface area contributed by atoms with Gasteiger partial charge in [0.05, 0.1) is 5.02 Å². The summed E-state index contributed by atoms with van der Waals surface area (Å²) in [5, 5.41) is 2.69. The van der Waals surface area contributed by atoms with Crippen LogP contribution in [-0.4, -0.2) is 12.2 Å². The number of nitrogens with one attached hydrogen (secondary N) is 1. The van der Waals surface area contributed by atoms with Crippen molar-refractivity contribution in [2.75, 3.05) is 11.9 Å². The van der Waals surface area contributed by atoms with Crippen molar-refractivity contribution >= 4 is 29.7 Å². The molecular weight excluding hydrogens is 310 g/mol. The summed E-state index contributed by atoms with van der Waals surface area (Å²) in [6.07, 6.45) is 3.18. The number of hydrogen-bond acceptors (Lipinski definition) is 1. The first kappa shape index (κ1) is 15.8. The fraction of sp³-hybridized carbons (Fsp3) is 0.571. The van der Waals surface area contributed by atoms with Gasteiger partial charge in [-0.2, -0.15) is 0 Å². The van der Waals surface area contributed by atoms with Crippen LogP contribution < -0.4 is 5.32 Å². The SMILES string of the molecule is Cl.Fc1ccc(Cl)c(F)c1NCC12CCC(F)(CC1)C2. The largest absolute Gasteiger partial charge is 0.380 e. The molecule has 6 heteroatoms. The van der Waals surface area contributed by atoms with E-state index in [1.54, 1.807) is 0 Å². The molecule has 2 saturated carbocycles. The van der Waals surface area contributed by atoms with Gasteiger partial charge in [0, 0.05) is 6.54 Å². The number of hydrogen-bond donors (Lipinski definition) is 1. The van der Waals surface area contributed by atoms with Crippen molar-refractivity contribution in [1.29, 1.82) is 0 Å². The number of alkyl halides is 1. The van der Waals surface area contributed by atoms with E-state index in [2.05, 4.69) is 5.32 Å². The number of fused-ring (bicyclic) bond motifs is 2. The van der Waals surface area contributed by atoms with Gasteiger partial charge in [-0.3, -0.25) is 0 Å². The molecule has 0 radical (unpaired) electrons. The lowest BCUT2D eigenvalue weighted by Gasteiger charge is -2.27. The summed E-state index contributed by atoms with van der Waals surface area (Å²) in [7, 11) is 0. The molecule has 0 spiro atoms. The Kier molecular flexibility index (Phi) is 4.18. The van der Waals surface area contributed by atoms with Crippen LogP contribution in [0.15, 0.2) is 12.1 Å². The summed E-state index contributed by atoms with van der Waals surface area (Å²) in [4.78, 5) is 0. The summed E-state index contributed by atoms with van der Waals surface area (Å²) in [6, 6.07) is 2.32. The van der Waals surface area contributed by atoms with Crippen LogP contribution >= 0.6 is 24.0 Å². The fourth-order valence-electron chi connectivity index (χ4n) is 3.46. The van der Waals surface area contributed by atoms with E-state index in [1.165, 1.54) is 6.07 Å². The highest BCUT2D eigenvalue weighted by Crippen LogP contribution is 2.58. The Balaban J connectivity index is 0.00000147. The van der Waals surface area contributed by atoms with Crippen LogP contribution in [0.4, 0.5) is 18.9 Å². The van der Waals surface area contributed by atoms with Crippen LogP contribution in [0, 0.1) is 17.0 Å². The Morgan fingerprint density at radius 1 is 1.15 bits per heavy atom. The number of benzene rings is 1. The number of halogens is 5. The molecule has 0 aromatic heterocycles. The van der Waals surface area contributed by atoms with Crippen molar-refractivity contribution in [3.05, 3.63) is 28.8 Å². The Morgan fingerprint density at radius 3 is 2.35 bits per heavy atom. The van der Waals surface area contributed by atoms with Crippen LogP contribution in [0.1, 0.15) is 32.1 Å². The average molecular weight is 326 g/mol. The minimum absolute atomic E-state index is 0. The van der Waals surface area contributed by atoms with Crippen molar-refractivity contribution in [1.82, 2.24) is 0 Å². The third kappa shape index (κ3) is 2.60. The van der Waals surface area contributed by atoms with E-state index in [4.69, 9.17) is 11.6 Å². The van der Waals surface area contributed by atoms with Gasteiger partial charge in [0.25, 0.3) is 0 Å². The molecule has 112 valence electrons. The van der Waals surface area contributed by atoms with E-state index in [-0.39, 0.29) is 28.5 Å². The van der Waals surface area contributed by atoms with E-state index < -0.39 is 17.3 Å². The van der Waals surface area contributed by atoms with Gasteiger partial charge in [0.2, 0.25) is 0 Å². The third-order valence-electron chi connectivity index (χ3n) is 4.58. The summed E-state index contributed by atoms with van der Waals surface area (Å²) in [6.45, 7) is 0.396. The lowest BCUT2D eigenvalue weighted by atomic mass is 9.84. The zero-order valence-electron chi connectivity index (χ0n) is 10.8. The lowest BCUT2D eigenvalue weighted by molar-refractivity contribution is 0.176. The Labute approximate surface area is 127 Å². The summed E-state index contributed by atoms with van der Waals surface area (Å²) >= 11 is 5.64. The van der Waals surface area contributed by atoms with E-state index in [1.807, 2.05) is 0 Å². The molecule has 2 fully saturated rings. The summed E-state index contributed by atoms with van der Waals surface area (Å²) in [5.41, 5.74) is -1.41. The molecule has 2 bridgehead atoms. The Hall–Kier alpha value is -0.610. The first-order valence-corrected chi connectivity index (χ1v) is 6.87. The highest BCUT2D eigenvalue weighted by molar-refractivity contribution is 6.31. The van der Waals surface area contributed by atoms with Gasteiger partial charge in [-0.15, -0.1) is 12.4 Å². The molecule has 20 heavy (non-hydrogen) atoms. The predicted molar refractivity (Wildman–Crippen MR) is 76.5 cm³/mol. The molecule has 1 aromatic rings. The molecule has 0 aliphatic heterocycles. The van der Waals surface area contributed by atoms with Crippen LogP contribution in [0.25, 0.3) is 0 Å². The molecule has 0 heterocycles. The molecule has 0 amide bonds. The second kappa shape index (κ2) is 5.30. The van der Waals surface area contributed by atoms with Crippen LogP contribution in [0.3, 0.4) is 0 Å². The van der Waals surface area contributed by atoms with E-state index in [0.717, 1.165) is 18.9 Å². The normalized spacial score (nSPS) is 31.2. The van der Waals surface area contributed by atoms with Crippen molar-refractivity contribution in [3.63, 3.8) is 0 Å². The van der Waals surface area contributed by atoms with Crippen molar-refractivity contribution in [2.45, 2.75) is 37.8 Å². The smallest absolute Gasteiger partial charge is 0.167 e. The van der Waals surface area contributed by atoms with Crippen molar-refractivity contribution in [3.8, 4) is 0 Å². The molecule has 0 atom stereocenters. The first-order valence-electron chi connectivity index (χ1n) is 6.50. The average Bonchev–Trinajstić information content (AvgIpc) is 2.88. The van der Waals surface area contributed by atoms with Gasteiger partial charge >= 0.3 is 0 Å². The monoisotopic (exact) mass is 325 g/mol. The summed E-state index contributed by atoms with van der Waals surface area (Å²) < 4.78 is 41.4. The second-order valence-corrected chi connectivity index (χ2v) is 6.31. The second-order valence-electron chi connectivity index (χ2n) is 5.90. The minimum Gasteiger partial charge on any atom is -0.380 e. The first-order chi connectivity index (χ1) is 8.93. The standard InChI is InChI=1S/C14H15ClF3N.ClH/c15-9-1-2-10(16)12(11(9)17)19-8-13-3-5-14(18,7-13)6-4-13;/h1-2,19H,3-8H2;1H. The molecule has 1 aromatic carbocycles. The van der Waals surface area contributed by atoms with Crippen LogP contribution in [0.2, 0.25) is 5.02 Å². The Bertz CT molecular complexity index is 513. The van der Waals surface area contributed by atoms with Gasteiger partial charge in [-0.25, -0.2) is 13.2 Å². The van der Waals surface area contributed by atoms with Crippen molar-refractivity contribution < 1.29 is 13.2 Å². The molecule has 1 nitrogen and oxygen atoms in total. The van der Waals surface area contributed by atoms with E-state index in [0.29, 0.717) is 25.8 Å². The van der Waals surface area contributed by atoms with Crippen LogP contribution in [0.5, 0.6) is 0 Å². The topological polar surface area (TPSA) is 12.0 Å². The molecule has 2 aliphatic carbocycles. The quantitative estimate of drug-likeness (QED) is 0.760. The number of anilines is 1. The van der Waals surface area contributed by atoms with Gasteiger partial charge in [-0.1, -0.05) is 11.6 Å². The zero-order chi connectivity index (χ0) is 13.7. The predicted octanol–water partition coefficient (Wildman–Crippen LogP) is 5.12. The minimum atomic E-state index is -1.05. The van der Waals surface area contributed by atoms with E-state index >= 15 is 0 Å². The van der Waals surface area contributed by atoms with Crippen LogP contribution in [-0.2, 0) is 0 Å². The molecule has 2 aliphatic rings. The maximum absolute atomic E-state index is 14.1. The molecule has 1 N–H and O–H groups in total. The van der Waals surface area contributed by atoms with E-state index in [9.17, 15) is 13.2 Å². The van der Waals surface area contributed by atoms with Gasteiger partial charge in [0.1, 0.15) is 17.2 Å². The maximum Gasteiger partial charge on any atom is 0.167 e. The van der Waals surface area contributed by atoms with Crippen molar-refractivity contribution in [2.24, 2.45) is 5.41 Å². The molecular formula is C14H16Cl2F3N. The fourth-order valence-corrected chi connectivity index (χ4v) is 3.62. The Morgan fingerprint density at radius 2 is 1.80 bits per heavy atom. The van der Waals surface area contributed by atoms with Gasteiger partial charge in [-0.05, 0) is 49.7 Å². The highest BCUT2D eigenvalue weighted by atomic mass is 35.5. The van der Waals surface area contributed by atoms with Gasteiger partial charge < -0.3 is 5.32 Å².